The van der Waals surface area contributed by atoms with Gasteiger partial charge in [-0.15, -0.1) is 0 Å². The lowest BCUT2D eigenvalue weighted by molar-refractivity contribution is 0.380. The molecule has 0 N–H and O–H groups in total. The third kappa shape index (κ3) is 3.44. The molecule has 28 heavy (non-hydrogen) atoms. The molecule has 0 spiro atoms. The first-order chi connectivity index (χ1) is 13.5. The average molecular weight is 421 g/mol. The van der Waals surface area contributed by atoms with E-state index in [1.807, 2.05) is 24.3 Å². The summed E-state index contributed by atoms with van der Waals surface area (Å²) >= 11 is 5.98. The van der Waals surface area contributed by atoms with E-state index >= 15 is 0 Å². The van der Waals surface area contributed by atoms with Gasteiger partial charge >= 0.3 is 10.2 Å². The van der Waals surface area contributed by atoms with E-state index < -0.39 is 16.3 Å². The van der Waals surface area contributed by atoms with Crippen molar-refractivity contribution >= 4 is 27.5 Å². The highest BCUT2D eigenvalue weighted by Crippen LogP contribution is 2.39. The number of halogens is 1. The van der Waals surface area contributed by atoms with Crippen LogP contribution in [-0.2, 0) is 16.8 Å². The van der Waals surface area contributed by atoms with Crippen molar-refractivity contribution in [1.29, 1.82) is 0 Å². The number of benzene rings is 2. The maximum Gasteiger partial charge on any atom is 0.305 e. The molecule has 0 amide bonds. The predicted octanol–water partition coefficient (Wildman–Crippen LogP) is 3.04. The zero-order valence-electron chi connectivity index (χ0n) is 14.9. The van der Waals surface area contributed by atoms with Crippen LogP contribution in [0, 0.1) is 0 Å². The fraction of sp³-hybridized carbons (Fsp3) is 0.222. The minimum atomic E-state index is -3.83. The summed E-state index contributed by atoms with van der Waals surface area (Å²) < 4.78 is 39.4. The molecule has 1 saturated heterocycles. The first-order valence-corrected chi connectivity index (χ1v) is 10.2. The van der Waals surface area contributed by atoms with Gasteiger partial charge in [0.25, 0.3) is 0 Å². The Balaban J connectivity index is 1.78. The molecule has 1 aliphatic heterocycles. The Bertz CT molecular complexity index is 1060. The summed E-state index contributed by atoms with van der Waals surface area (Å²) in [6.45, 7) is 0.246. The highest BCUT2D eigenvalue weighted by molar-refractivity contribution is 7.90. The Hall–Kier alpha value is -2.62. The van der Waals surface area contributed by atoms with Crippen LogP contribution < -0.4 is 9.04 Å². The van der Waals surface area contributed by atoms with Gasteiger partial charge in [-0.1, -0.05) is 28.9 Å². The lowest BCUT2D eigenvalue weighted by Gasteiger charge is -2.25. The van der Waals surface area contributed by atoms with Crippen molar-refractivity contribution in [3.8, 4) is 5.75 Å². The van der Waals surface area contributed by atoms with Crippen LogP contribution >= 0.6 is 11.6 Å². The summed E-state index contributed by atoms with van der Waals surface area (Å²) in [7, 11) is -2.25. The topological polar surface area (TPSA) is 88.8 Å². The third-order valence-electron chi connectivity index (χ3n) is 4.52. The van der Waals surface area contributed by atoms with Crippen LogP contribution in [-0.4, -0.2) is 36.5 Å². The number of ether oxygens (including phenoxy) is 1. The molecule has 146 valence electrons. The molecule has 4 rings (SSSR count). The summed E-state index contributed by atoms with van der Waals surface area (Å²) in [5.74, 6) is 0.952. The molecule has 1 aliphatic rings. The van der Waals surface area contributed by atoms with Crippen molar-refractivity contribution in [2.75, 3.05) is 18.0 Å². The number of hydrogen-bond donors (Lipinski definition) is 0. The van der Waals surface area contributed by atoms with Crippen molar-refractivity contribution in [3.63, 3.8) is 0 Å². The lowest BCUT2D eigenvalue weighted by atomic mass is 10.1. The van der Waals surface area contributed by atoms with Gasteiger partial charge in [-0.3, -0.25) is 0 Å². The number of methoxy groups -OCH3 is 1. The van der Waals surface area contributed by atoms with Gasteiger partial charge in [0, 0.05) is 11.6 Å². The van der Waals surface area contributed by atoms with Gasteiger partial charge in [0.15, 0.2) is 5.82 Å². The van der Waals surface area contributed by atoms with Crippen LogP contribution in [0.5, 0.6) is 5.75 Å². The first-order valence-electron chi connectivity index (χ1n) is 8.43. The van der Waals surface area contributed by atoms with Gasteiger partial charge < -0.3 is 9.26 Å². The molecule has 0 saturated carbocycles. The quantitative estimate of drug-likeness (QED) is 0.630. The standard InChI is InChI=1S/C18H17ClN4O4S/c1-26-16-4-2-3-13(9-16)17-10-22(11-18-20-12-27-21-18)28(24,25)23(17)15-7-5-14(19)6-8-15/h2-9,12,17H,10-11H2,1H3. The molecule has 2 aromatic carbocycles. The molecule has 1 fully saturated rings. The summed E-state index contributed by atoms with van der Waals surface area (Å²) in [6, 6.07) is 13.6. The van der Waals surface area contributed by atoms with E-state index in [1.165, 1.54) is 15.0 Å². The number of anilines is 1. The van der Waals surface area contributed by atoms with E-state index in [2.05, 4.69) is 10.1 Å². The minimum absolute atomic E-state index is 0.0173. The number of rotatable bonds is 5. The summed E-state index contributed by atoms with van der Waals surface area (Å²) in [6.07, 6.45) is 1.18. The fourth-order valence-corrected chi connectivity index (χ4v) is 5.08. The molecule has 3 aromatic rings. The van der Waals surface area contributed by atoms with Gasteiger partial charge in [0.1, 0.15) is 5.75 Å². The Morgan fingerprint density at radius 1 is 1.25 bits per heavy atom. The van der Waals surface area contributed by atoms with E-state index in [4.69, 9.17) is 20.9 Å². The van der Waals surface area contributed by atoms with Crippen molar-refractivity contribution in [3.05, 3.63) is 71.3 Å². The van der Waals surface area contributed by atoms with Crippen LogP contribution in [0.3, 0.4) is 0 Å². The second kappa shape index (κ2) is 7.42. The molecular formula is C18H17ClN4O4S. The second-order valence-electron chi connectivity index (χ2n) is 6.21. The highest BCUT2D eigenvalue weighted by Gasteiger charge is 2.45. The molecule has 1 unspecified atom stereocenters. The summed E-state index contributed by atoms with van der Waals surface area (Å²) in [5, 5.41) is 4.26. The van der Waals surface area contributed by atoms with Crippen LogP contribution in [0.2, 0.25) is 5.02 Å². The average Bonchev–Trinajstić information content (AvgIpc) is 3.29. The van der Waals surface area contributed by atoms with E-state index in [-0.39, 0.29) is 13.1 Å². The van der Waals surface area contributed by atoms with E-state index in [1.54, 1.807) is 31.4 Å². The predicted molar refractivity (Wildman–Crippen MR) is 103 cm³/mol. The summed E-state index contributed by atoms with van der Waals surface area (Å²) in [4.78, 5) is 3.94. The molecular weight excluding hydrogens is 404 g/mol. The normalized spacial score (nSPS) is 19.1. The number of aromatic nitrogens is 2. The molecule has 0 bridgehead atoms. The highest BCUT2D eigenvalue weighted by atomic mass is 35.5. The fourth-order valence-electron chi connectivity index (χ4n) is 3.20. The summed E-state index contributed by atoms with van der Waals surface area (Å²) in [5.41, 5.74) is 1.33. The zero-order valence-corrected chi connectivity index (χ0v) is 16.5. The molecule has 10 heteroatoms. The van der Waals surface area contributed by atoms with Crippen molar-refractivity contribution in [2.45, 2.75) is 12.6 Å². The largest absolute Gasteiger partial charge is 0.497 e. The smallest absolute Gasteiger partial charge is 0.305 e. The molecule has 0 radical (unpaired) electrons. The van der Waals surface area contributed by atoms with Crippen LogP contribution in [0.1, 0.15) is 17.4 Å². The number of hydrogen-bond acceptors (Lipinski definition) is 6. The Kier molecular flexibility index (Phi) is 4.96. The van der Waals surface area contributed by atoms with Crippen LogP contribution in [0.4, 0.5) is 5.69 Å². The molecule has 0 aliphatic carbocycles. The minimum Gasteiger partial charge on any atom is -0.497 e. The van der Waals surface area contributed by atoms with Gasteiger partial charge in [0.05, 0.1) is 25.4 Å². The molecule has 2 heterocycles. The van der Waals surface area contributed by atoms with Crippen molar-refractivity contribution in [2.24, 2.45) is 0 Å². The maximum absolute atomic E-state index is 13.3. The van der Waals surface area contributed by atoms with Gasteiger partial charge in [0.2, 0.25) is 6.39 Å². The van der Waals surface area contributed by atoms with Gasteiger partial charge in [-0.05, 0) is 42.0 Å². The molecule has 8 nitrogen and oxygen atoms in total. The van der Waals surface area contributed by atoms with Crippen molar-refractivity contribution in [1.82, 2.24) is 14.4 Å². The monoisotopic (exact) mass is 420 g/mol. The first kappa shape index (κ1) is 18.7. The lowest BCUT2D eigenvalue weighted by Crippen LogP contribution is -2.33. The molecule has 1 aromatic heterocycles. The van der Waals surface area contributed by atoms with Crippen LogP contribution in [0.15, 0.2) is 59.4 Å². The maximum atomic E-state index is 13.3. The van der Waals surface area contributed by atoms with Gasteiger partial charge in [-0.2, -0.15) is 17.7 Å². The van der Waals surface area contributed by atoms with E-state index in [9.17, 15) is 8.42 Å². The van der Waals surface area contributed by atoms with E-state index in [0.29, 0.717) is 22.3 Å². The third-order valence-corrected chi connectivity index (χ3v) is 6.66. The Morgan fingerprint density at radius 2 is 2.04 bits per heavy atom. The van der Waals surface area contributed by atoms with Crippen molar-refractivity contribution < 1.29 is 17.7 Å². The second-order valence-corrected chi connectivity index (χ2v) is 8.45. The van der Waals surface area contributed by atoms with Gasteiger partial charge in [-0.25, -0.2) is 4.31 Å². The SMILES string of the molecule is COc1cccc(C2CN(Cc3ncon3)S(=O)(=O)N2c2ccc(Cl)cc2)c1. The van der Waals surface area contributed by atoms with E-state index in [0.717, 1.165) is 5.56 Å². The zero-order chi connectivity index (χ0) is 19.7. The Labute approximate surface area is 167 Å². The number of nitrogens with zero attached hydrogens (tertiary/aromatic N) is 4. The van der Waals surface area contributed by atoms with Crippen LogP contribution in [0.25, 0.3) is 0 Å². The Morgan fingerprint density at radius 3 is 2.71 bits per heavy atom. The molecule has 1 atom stereocenters.